The Bertz CT molecular complexity index is 995. The van der Waals surface area contributed by atoms with Crippen molar-refractivity contribution in [2.24, 2.45) is 0 Å². The van der Waals surface area contributed by atoms with Gasteiger partial charge in [0.2, 0.25) is 12.7 Å². The second kappa shape index (κ2) is 5.28. The van der Waals surface area contributed by atoms with Gasteiger partial charge in [0, 0.05) is 17.7 Å². The van der Waals surface area contributed by atoms with E-state index in [4.69, 9.17) is 9.47 Å². The number of aromatic nitrogens is 3. The number of nitrogens with zero attached hydrogens (tertiary/aromatic N) is 4. The number of nitrogens with one attached hydrogen (secondary N) is 1. The molecular weight excluding hydrogens is 342 g/mol. The second-order valence-electron chi connectivity index (χ2n) is 6.25. The number of hydrogen-bond donors (Lipinski definition) is 1. The molecule has 0 saturated heterocycles. The summed E-state index contributed by atoms with van der Waals surface area (Å²) in [5.74, 6) is 1.14. The first-order chi connectivity index (χ1) is 12.6. The van der Waals surface area contributed by atoms with Crippen LogP contribution in [0.4, 0.5) is 11.6 Å². The molecule has 5 rings (SSSR count). The van der Waals surface area contributed by atoms with Crippen molar-refractivity contribution < 1.29 is 19.2 Å². The van der Waals surface area contributed by atoms with Crippen molar-refractivity contribution in [1.82, 2.24) is 14.8 Å². The van der Waals surface area contributed by atoms with Crippen LogP contribution in [0.3, 0.4) is 0 Å². The number of nitro groups is 1. The Morgan fingerprint density at radius 3 is 2.88 bits per heavy atom. The van der Waals surface area contributed by atoms with Gasteiger partial charge in [0.1, 0.15) is 12.4 Å². The van der Waals surface area contributed by atoms with Crippen LogP contribution in [0.1, 0.15) is 30.9 Å². The van der Waals surface area contributed by atoms with E-state index in [9.17, 15) is 14.9 Å². The van der Waals surface area contributed by atoms with E-state index in [1.807, 2.05) is 0 Å². The lowest BCUT2D eigenvalue weighted by atomic mass is 9.85. The van der Waals surface area contributed by atoms with E-state index in [0.717, 1.165) is 12.1 Å². The average Bonchev–Trinajstić information content (AvgIpc) is 3.27. The number of hydrogen-bond acceptors (Lipinski definition) is 8. The number of Topliss-reactive ketones (excluding diaryl/α,β-unsaturated/α-hetero) is 1. The van der Waals surface area contributed by atoms with Crippen LogP contribution in [-0.4, -0.2) is 32.3 Å². The van der Waals surface area contributed by atoms with Gasteiger partial charge in [-0.25, -0.2) is 4.68 Å². The minimum Gasteiger partial charge on any atom is -0.454 e. The molecule has 1 N–H and O–H groups in total. The molecule has 0 spiro atoms. The van der Waals surface area contributed by atoms with Gasteiger partial charge < -0.3 is 14.8 Å². The number of ether oxygens (including phenoxy) is 2. The summed E-state index contributed by atoms with van der Waals surface area (Å²) < 4.78 is 12.2. The molecule has 0 amide bonds. The zero-order valence-corrected chi connectivity index (χ0v) is 13.5. The molecule has 3 aliphatic rings. The van der Waals surface area contributed by atoms with Gasteiger partial charge in [-0.2, -0.15) is 10.1 Å². The highest BCUT2D eigenvalue weighted by atomic mass is 16.7. The molecule has 1 atom stereocenters. The molecule has 1 aromatic heterocycles. The van der Waals surface area contributed by atoms with Crippen molar-refractivity contribution in [1.29, 1.82) is 0 Å². The number of benzene rings is 1. The summed E-state index contributed by atoms with van der Waals surface area (Å²) in [4.78, 5) is 28.1. The van der Waals surface area contributed by atoms with Crippen molar-refractivity contribution in [3.8, 4) is 11.5 Å². The number of ketones is 1. The molecule has 2 aliphatic heterocycles. The summed E-state index contributed by atoms with van der Waals surface area (Å²) in [5, 5.41) is 19.0. The van der Waals surface area contributed by atoms with E-state index < -0.39 is 11.0 Å². The topological polar surface area (TPSA) is 121 Å². The first-order valence-electron chi connectivity index (χ1n) is 8.14. The average molecular weight is 355 g/mol. The van der Waals surface area contributed by atoms with Gasteiger partial charge >= 0.3 is 0 Å². The molecule has 0 saturated carbocycles. The van der Waals surface area contributed by atoms with Crippen molar-refractivity contribution in [3.63, 3.8) is 0 Å². The van der Waals surface area contributed by atoms with Crippen LogP contribution in [0.5, 0.6) is 11.5 Å². The van der Waals surface area contributed by atoms with E-state index >= 15 is 0 Å². The Morgan fingerprint density at radius 2 is 2.08 bits per heavy atom. The maximum Gasteiger partial charge on any atom is 0.279 e. The van der Waals surface area contributed by atoms with Gasteiger partial charge in [0.15, 0.2) is 17.3 Å². The fraction of sp³-hybridized carbons (Fsp3) is 0.312. The van der Waals surface area contributed by atoms with Crippen LogP contribution in [0, 0.1) is 10.1 Å². The van der Waals surface area contributed by atoms with Crippen LogP contribution in [0.15, 0.2) is 29.7 Å². The van der Waals surface area contributed by atoms with Crippen LogP contribution >= 0.6 is 0 Å². The molecule has 0 fully saturated rings. The van der Waals surface area contributed by atoms with Crippen molar-refractivity contribution >= 4 is 17.4 Å². The largest absolute Gasteiger partial charge is 0.454 e. The van der Waals surface area contributed by atoms with Gasteiger partial charge in [-0.3, -0.25) is 14.9 Å². The molecule has 0 radical (unpaired) electrons. The summed E-state index contributed by atoms with van der Waals surface area (Å²) in [7, 11) is 0. The number of allylic oxidation sites excluding steroid dienone is 2. The van der Waals surface area contributed by atoms with Gasteiger partial charge in [-0.1, -0.05) is 0 Å². The van der Waals surface area contributed by atoms with Crippen molar-refractivity contribution in [2.45, 2.75) is 25.3 Å². The highest BCUT2D eigenvalue weighted by Crippen LogP contribution is 2.46. The highest BCUT2D eigenvalue weighted by molar-refractivity contribution is 5.99. The SMILES string of the molecule is O=C1CCCC2=C1C(c1cc3c(cc1[N+](=O)[O-])OCO3)n1ncnc1N2. The number of fused-ring (bicyclic) bond motifs is 2. The number of nitro benzene ring substituents is 1. The first kappa shape index (κ1) is 14.9. The van der Waals surface area contributed by atoms with E-state index in [1.54, 1.807) is 6.07 Å². The normalized spacial score (nSPS) is 20.5. The first-order valence-corrected chi connectivity index (χ1v) is 8.14. The standard InChI is InChI=1S/C16H13N5O5/c22-11-3-1-2-9-14(11)15(20-16(19-9)17-6-18-20)8-4-12-13(26-7-25-12)5-10(8)21(23)24/h4-6,15H,1-3,7H2,(H,17,18,19). The number of carbonyl (C=O) groups is 1. The molecule has 0 bridgehead atoms. The maximum absolute atomic E-state index is 12.7. The highest BCUT2D eigenvalue weighted by Gasteiger charge is 2.40. The molecule has 26 heavy (non-hydrogen) atoms. The summed E-state index contributed by atoms with van der Waals surface area (Å²) in [6.07, 6.45) is 3.17. The van der Waals surface area contributed by atoms with Crippen LogP contribution < -0.4 is 14.8 Å². The molecule has 2 aromatic rings. The monoisotopic (exact) mass is 355 g/mol. The third-order valence-electron chi connectivity index (χ3n) is 4.82. The fourth-order valence-corrected chi connectivity index (χ4v) is 3.71. The quantitative estimate of drug-likeness (QED) is 0.641. The molecule has 1 unspecified atom stereocenters. The lowest BCUT2D eigenvalue weighted by Gasteiger charge is -2.32. The molecule has 1 aromatic carbocycles. The summed E-state index contributed by atoms with van der Waals surface area (Å²) in [6.45, 7) is 0.00359. The van der Waals surface area contributed by atoms with Crippen LogP contribution in [0.25, 0.3) is 0 Å². The molecular formula is C16H13N5O5. The number of rotatable bonds is 2. The Labute approximate surface area is 146 Å². The van der Waals surface area contributed by atoms with E-state index in [-0.39, 0.29) is 18.3 Å². The predicted molar refractivity (Wildman–Crippen MR) is 86.9 cm³/mol. The molecule has 3 heterocycles. The van der Waals surface area contributed by atoms with E-state index in [2.05, 4.69) is 15.4 Å². The summed E-state index contributed by atoms with van der Waals surface area (Å²) >= 11 is 0. The zero-order chi connectivity index (χ0) is 17.8. The minimum absolute atomic E-state index is 0.00359. The molecule has 10 heteroatoms. The van der Waals surface area contributed by atoms with Gasteiger partial charge in [-0.15, -0.1) is 0 Å². The number of anilines is 1. The van der Waals surface area contributed by atoms with Gasteiger partial charge in [0.25, 0.3) is 5.69 Å². The summed E-state index contributed by atoms with van der Waals surface area (Å²) in [6, 6.07) is 2.17. The van der Waals surface area contributed by atoms with Crippen LogP contribution in [0.2, 0.25) is 0 Å². The summed E-state index contributed by atoms with van der Waals surface area (Å²) in [5.41, 5.74) is 1.43. The maximum atomic E-state index is 12.7. The van der Waals surface area contributed by atoms with Gasteiger partial charge in [0.05, 0.1) is 16.6 Å². The number of carbonyl (C=O) groups excluding carboxylic acids is 1. The minimum atomic E-state index is -0.730. The van der Waals surface area contributed by atoms with Crippen LogP contribution in [-0.2, 0) is 4.79 Å². The Kier molecular flexibility index (Phi) is 3.02. The van der Waals surface area contributed by atoms with Gasteiger partial charge in [-0.05, 0) is 18.9 Å². The Hall–Kier alpha value is -3.43. The molecule has 10 nitrogen and oxygen atoms in total. The third kappa shape index (κ3) is 2.01. The lowest BCUT2D eigenvalue weighted by Crippen LogP contribution is -2.31. The van der Waals surface area contributed by atoms with Crippen molar-refractivity contribution in [2.75, 3.05) is 12.1 Å². The molecule has 132 valence electrons. The molecule has 1 aliphatic carbocycles. The zero-order valence-electron chi connectivity index (χ0n) is 13.5. The Morgan fingerprint density at radius 1 is 1.27 bits per heavy atom. The van der Waals surface area contributed by atoms with E-state index in [0.29, 0.717) is 41.4 Å². The predicted octanol–water partition coefficient (Wildman–Crippen LogP) is 1.94. The second-order valence-corrected chi connectivity index (χ2v) is 6.25. The van der Waals surface area contributed by atoms with E-state index in [1.165, 1.54) is 17.1 Å². The van der Waals surface area contributed by atoms with Crippen molar-refractivity contribution in [3.05, 3.63) is 45.4 Å². The smallest absolute Gasteiger partial charge is 0.279 e. The Balaban J connectivity index is 1.78. The lowest BCUT2D eigenvalue weighted by molar-refractivity contribution is -0.385. The fourth-order valence-electron chi connectivity index (χ4n) is 3.71. The third-order valence-corrected chi connectivity index (χ3v) is 4.82.